The second-order valence-electron chi connectivity index (χ2n) is 6.44. The van der Waals surface area contributed by atoms with Gasteiger partial charge in [-0.1, -0.05) is 12.1 Å². The van der Waals surface area contributed by atoms with Crippen molar-refractivity contribution in [2.45, 2.75) is 26.1 Å². The molecule has 1 amide bonds. The zero-order valence-corrected chi connectivity index (χ0v) is 15.1. The zero-order valence-electron chi connectivity index (χ0n) is 14.3. The largest absolute Gasteiger partial charge is 0.504 e. The van der Waals surface area contributed by atoms with E-state index in [1.54, 1.807) is 34.4 Å². The molecule has 2 aromatic rings. The number of hydrogen-bond donors (Lipinski definition) is 4. The van der Waals surface area contributed by atoms with Crippen molar-refractivity contribution in [3.05, 3.63) is 39.8 Å². The van der Waals surface area contributed by atoms with Crippen molar-refractivity contribution in [1.29, 1.82) is 0 Å². The summed E-state index contributed by atoms with van der Waals surface area (Å²) in [5.74, 6) is 0.375. The van der Waals surface area contributed by atoms with Gasteiger partial charge in [0.1, 0.15) is 17.7 Å². The first-order valence-corrected chi connectivity index (χ1v) is 9.35. The number of nitrogens with one attached hydrogen (secondary N) is 3. The Labute approximate surface area is 150 Å². The van der Waals surface area contributed by atoms with Crippen LogP contribution in [0.4, 0.5) is 5.00 Å². The van der Waals surface area contributed by atoms with E-state index in [0.29, 0.717) is 11.3 Å². The maximum absolute atomic E-state index is 12.8. The molecule has 4 rings (SSSR count). The third-order valence-corrected chi connectivity index (χ3v) is 6.23. The molecule has 2 aliphatic rings. The highest BCUT2D eigenvalue weighted by molar-refractivity contribution is 7.16. The van der Waals surface area contributed by atoms with E-state index < -0.39 is 6.17 Å². The number of para-hydroxylation sites is 1. The van der Waals surface area contributed by atoms with E-state index in [2.05, 4.69) is 17.6 Å². The lowest BCUT2D eigenvalue weighted by Gasteiger charge is -2.28. The van der Waals surface area contributed by atoms with E-state index in [1.807, 2.05) is 0 Å². The van der Waals surface area contributed by atoms with Crippen LogP contribution in [0.15, 0.2) is 18.2 Å². The molecule has 0 aliphatic carbocycles. The first kappa shape index (κ1) is 16.2. The number of quaternary nitrogens is 1. The van der Waals surface area contributed by atoms with Crippen LogP contribution in [-0.4, -0.2) is 31.2 Å². The van der Waals surface area contributed by atoms with Gasteiger partial charge in [-0.25, -0.2) is 0 Å². The van der Waals surface area contributed by atoms with Crippen LogP contribution in [0.2, 0.25) is 0 Å². The molecule has 1 aromatic carbocycles. The molecule has 2 aliphatic heterocycles. The van der Waals surface area contributed by atoms with Gasteiger partial charge in [0, 0.05) is 12.0 Å². The van der Waals surface area contributed by atoms with E-state index >= 15 is 0 Å². The van der Waals surface area contributed by atoms with Crippen LogP contribution in [0.5, 0.6) is 11.5 Å². The number of phenols is 1. The van der Waals surface area contributed by atoms with Crippen molar-refractivity contribution in [2.75, 3.05) is 25.5 Å². The second-order valence-corrected chi connectivity index (χ2v) is 7.54. The Hall–Kier alpha value is -2.25. The number of phenolic OH excluding ortho intramolecular Hbond substituents is 1. The average molecular weight is 360 g/mol. The van der Waals surface area contributed by atoms with Gasteiger partial charge in [0.15, 0.2) is 11.5 Å². The summed E-state index contributed by atoms with van der Waals surface area (Å²) in [6.07, 6.45) is 0.471. The van der Waals surface area contributed by atoms with E-state index in [9.17, 15) is 9.90 Å². The van der Waals surface area contributed by atoms with Crippen LogP contribution in [0.1, 0.15) is 39.5 Å². The highest BCUT2D eigenvalue weighted by Crippen LogP contribution is 2.41. The van der Waals surface area contributed by atoms with Gasteiger partial charge in [0.25, 0.3) is 5.91 Å². The summed E-state index contributed by atoms with van der Waals surface area (Å²) < 4.78 is 5.17. The Morgan fingerprint density at radius 1 is 1.40 bits per heavy atom. The molecule has 0 radical (unpaired) electrons. The highest BCUT2D eigenvalue weighted by atomic mass is 32.1. The minimum atomic E-state index is -0.468. The molecule has 3 heterocycles. The van der Waals surface area contributed by atoms with E-state index in [1.165, 1.54) is 17.6 Å². The number of fused-ring (bicyclic) bond motifs is 3. The fourth-order valence-electron chi connectivity index (χ4n) is 3.64. The van der Waals surface area contributed by atoms with Gasteiger partial charge in [0.2, 0.25) is 0 Å². The summed E-state index contributed by atoms with van der Waals surface area (Å²) in [5.41, 5.74) is 2.58. The Bertz CT molecular complexity index is 833. The molecule has 0 spiro atoms. The number of thiophene rings is 1. The molecular formula is C18H22N3O3S+. The summed E-state index contributed by atoms with van der Waals surface area (Å²) in [4.78, 5) is 15.6. The van der Waals surface area contributed by atoms with Crippen molar-refractivity contribution in [1.82, 2.24) is 5.32 Å². The van der Waals surface area contributed by atoms with Crippen LogP contribution in [0.3, 0.4) is 0 Å². The third kappa shape index (κ3) is 2.63. The van der Waals surface area contributed by atoms with Gasteiger partial charge in [-0.15, -0.1) is 11.3 Å². The molecule has 2 atom stereocenters. The number of carbonyl (C=O) groups is 1. The standard InChI is InChI=1S/C18H21N3O3S/c1-3-21-8-7-10-13(9-21)25-18-14(10)17(23)19-16(20-18)11-5-4-6-12(24-2)15(11)22/h4-6,16,20,22H,3,7-9H2,1-2H3,(H,19,23)/p+1/t16-/m1/s1. The fraction of sp³-hybridized carbons (Fsp3) is 0.389. The second kappa shape index (κ2) is 6.24. The van der Waals surface area contributed by atoms with Crippen LogP contribution in [-0.2, 0) is 13.0 Å². The predicted octanol–water partition coefficient (Wildman–Crippen LogP) is 1.28. The zero-order chi connectivity index (χ0) is 17.6. The van der Waals surface area contributed by atoms with Crippen molar-refractivity contribution in [3.63, 3.8) is 0 Å². The maximum atomic E-state index is 12.8. The van der Waals surface area contributed by atoms with Crippen LogP contribution in [0.25, 0.3) is 0 Å². The van der Waals surface area contributed by atoms with E-state index in [4.69, 9.17) is 4.74 Å². The van der Waals surface area contributed by atoms with Gasteiger partial charge in [-0.3, -0.25) is 4.79 Å². The molecule has 4 N–H and O–H groups in total. The van der Waals surface area contributed by atoms with Crippen LogP contribution >= 0.6 is 11.3 Å². The van der Waals surface area contributed by atoms with Crippen molar-refractivity contribution >= 4 is 22.2 Å². The number of carbonyl (C=O) groups excluding carboxylic acids is 1. The van der Waals surface area contributed by atoms with E-state index in [-0.39, 0.29) is 11.7 Å². The SMILES string of the molecule is CC[NH+]1CCc2c(sc3c2C(=O)N[C@@H](c2cccc(OC)c2O)N3)C1. The molecule has 0 saturated carbocycles. The number of ether oxygens (including phenoxy) is 1. The Kier molecular flexibility index (Phi) is 4.05. The van der Waals surface area contributed by atoms with Gasteiger partial charge in [-0.05, 0) is 18.6 Å². The molecule has 6 nitrogen and oxygen atoms in total. The number of amides is 1. The normalized spacial score (nSPS) is 21.8. The average Bonchev–Trinajstić information content (AvgIpc) is 2.99. The predicted molar refractivity (Wildman–Crippen MR) is 96.6 cm³/mol. The fourth-order valence-corrected chi connectivity index (χ4v) is 4.99. The number of likely N-dealkylation sites (N-methyl/N-ethyl adjacent to an activating group) is 1. The number of aromatic hydroxyl groups is 1. The van der Waals surface area contributed by atoms with Gasteiger partial charge < -0.3 is 25.4 Å². The number of rotatable bonds is 3. The van der Waals surface area contributed by atoms with Crippen molar-refractivity contribution in [2.24, 2.45) is 0 Å². The first-order valence-electron chi connectivity index (χ1n) is 8.53. The Balaban J connectivity index is 1.69. The molecule has 0 fully saturated rings. The molecule has 0 saturated heterocycles. The summed E-state index contributed by atoms with van der Waals surface area (Å²) in [7, 11) is 1.51. The lowest BCUT2D eigenvalue weighted by atomic mass is 10.00. The topological polar surface area (TPSA) is 75.0 Å². The number of benzene rings is 1. The first-order chi connectivity index (χ1) is 12.1. The lowest BCUT2D eigenvalue weighted by molar-refractivity contribution is -0.913. The van der Waals surface area contributed by atoms with Gasteiger partial charge >= 0.3 is 0 Å². The monoisotopic (exact) mass is 360 g/mol. The molecular weight excluding hydrogens is 338 g/mol. The Morgan fingerprint density at radius 3 is 3.00 bits per heavy atom. The van der Waals surface area contributed by atoms with E-state index in [0.717, 1.165) is 36.6 Å². The number of methoxy groups -OCH3 is 1. The summed E-state index contributed by atoms with van der Waals surface area (Å²) >= 11 is 1.67. The van der Waals surface area contributed by atoms with Gasteiger partial charge in [-0.2, -0.15) is 0 Å². The van der Waals surface area contributed by atoms with Crippen LogP contribution < -0.4 is 20.3 Å². The van der Waals surface area contributed by atoms with Crippen molar-refractivity contribution < 1.29 is 19.5 Å². The number of anilines is 1. The minimum Gasteiger partial charge on any atom is -0.504 e. The summed E-state index contributed by atoms with van der Waals surface area (Å²) in [6, 6.07) is 5.29. The van der Waals surface area contributed by atoms with Crippen LogP contribution in [0, 0.1) is 0 Å². The Morgan fingerprint density at radius 2 is 2.24 bits per heavy atom. The smallest absolute Gasteiger partial charge is 0.256 e. The molecule has 0 bridgehead atoms. The molecule has 25 heavy (non-hydrogen) atoms. The summed E-state index contributed by atoms with van der Waals surface area (Å²) in [5, 5.41) is 17.7. The molecule has 1 unspecified atom stereocenters. The highest BCUT2D eigenvalue weighted by Gasteiger charge is 2.35. The third-order valence-electron chi connectivity index (χ3n) is 5.07. The van der Waals surface area contributed by atoms with Gasteiger partial charge in [0.05, 0.1) is 30.6 Å². The quantitative estimate of drug-likeness (QED) is 0.665. The molecule has 1 aromatic heterocycles. The van der Waals surface area contributed by atoms with Crippen molar-refractivity contribution in [3.8, 4) is 11.5 Å². The molecule has 7 heteroatoms. The minimum absolute atomic E-state index is 0.0502. The summed E-state index contributed by atoms with van der Waals surface area (Å²) in [6.45, 7) is 5.34. The number of hydrogen-bond acceptors (Lipinski definition) is 5. The lowest BCUT2D eigenvalue weighted by Crippen LogP contribution is -3.11. The maximum Gasteiger partial charge on any atom is 0.256 e. The molecule has 132 valence electrons.